The zero-order chi connectivity index (χ0) is 14.4. The zero-order valence-electron chi connectivity index (χ0n) is 12.7. The Morgan fingerprint density at radius 3 is 2.80 bits per heavy atom. The lowest BCUT2D eigenvalue weighted by atomic mass is 9.83. The summed E-state index contributed by atoms with van der Waals surface area (Å²) in [6, 6.07) is 1.98. The number of rotatable bonds is 7. The molecule has 1 atom stereocenters. The monoisotopic (exact) mass is 278 g/mol. The first-order valence-electron chi connectivity index (χ1n) is 7.83. The van der Waals surface area contributed by atoms with Gasteiger partial charge in [0.1, 0.15) is 6.10 Å². The summed E-state index contributed by atoms with van der Waals surface area (Å²) >= 11 is 0. The van der Waals surface area contributed by atoms with Gasteiger partial charge in [0.05, 0.1) is 0 Å². The van der Waals surface area contributed by atoms with E-state index in [0.717, 1.165) is 25.0 Å². The number of carbonyl (C=O) groups is 1. The molecular formula is C16H26N2O2. The molecule has 0 spiro atoms. The summed E-state index contributed by atoms with van der Waals surface area (Å²) in [5.74, 6) is 0.697. The number of hydrogen-bond donors (Lipinski definition) is 0. The first-order chi connectivity index (χ1) is 9.72. The molecule has 1 fully saturated rings. The molecule has 1 aliphatic carbocycles. The van der Waals surface area contributed by atoms with E-state index in [0.29, 0.717) is 18.9 Å². The Bertz CT molecular complexity index is 422. The largest absolute Gasteiger partial charge is 0.370 e. The van der Waals surface area contributed by atoms with Crippen LogP contribution in [0.3, 0.4) is 0 Å². The first-order valence-corrected chi connectivity index (χ1v) is 7.83. The second-order valence-electron chi connectivity index (χ2n) is 5.69. The van der Waals surface area contributed by atoms with Gasteiger partial charge >= 0.3 is 0 Å². The summed E-state index contributed by atoms with van der Waals surface area (Å²) in [7, 11) is 1.92. The van der Waals surface area contributed by atoms with Crippen LogP contribution in [0.25, 0.3) is 0 Å². The maximum absolute atomic E-state index is 12.5. The van der Waals surface area contributed by atoms with Crippen LogP contribution in [-0.2, 0) is 23.0 Å². The summed E-state index contributed by atoms with van der Waals surface area (Å²) in [5, 5.41) is 4.14. The molecule has 0 bridgehead atoms. The third kappa shape index (κ3) is 3.92. The minimum absolute atomic E-state index is 0.187. The minimum Gasteiger partial charge on any atom is -0.370 e. The van der Waals surface area contributed by atoms with E-state index in [1.807, 2.05) is 24.7 Å². The molecule has 0 aromatic carbocycles. The lowest BCUT2D eigenvalue weighted by molar-refractivity contribution is -0.134. The van der Waals surface area contributed by atoms with Crippen molar-refractivity contribution in [3.63, 3.8) is 0 Å². The number of aryl methyl sites for hydroxylation is 2. The summed E-state index contributed by atoms with van der Waals surface area (Å²) in [5.41, 5.74) is 1.11. The molecule has 4 nitrogen and oxygen atoms in total. The van der Waals surface area contributed by atoms with Gasteiger partial charge in [-0.1, -0.05) is 19.3 Å². The summed E-state index contributed by atoms with van der Waals surface area (Å²) < 4.78 is 7.61. The van der Waals surface area contributed by atoms with Gasteiger partial charge in [-0.2, -0.15) is 5.10 Å². The van der Waals surface area contributed by atoms with Gasteiger partial charge in [0.15, 0.2) is 5.78 Å². The van der Waals surface area contributed by atoms with Crippen LogP contribution >= 0.6 is 0 Å². The summed E-state index contributed by atoms with van der Waals surface area (Å²) in [6.07, 6.45) is 8.97. The third-order valence-electron chi connectivity index (χ3n) is 4.29. The SMILES string of the molecule is CCOC(C(=O)CCc1ccnn1C)C1CCCCC1. The van der Waals surface area contributed by atoms with E-state index in [4.69, 9.17) is 4.74 Å². The molecule has 1 heterocycles. The van der Waals surface area contributed by atoms with Crippen LogP contribution < -0.4 is 0 Å². The molecule has 1 saturated carbocycles. The van der Waals surface area contributed by atoms with Crippen LogP contribution in [-0.4, -0.2) is 28.3 Å². The van der Waals surface area contributed by atoms with Gasteiger partial charge in [0, 0.05) is 32.0 Å². The number of ketones is 1. The van der Waals surface area contributed by atoms with Crippen LogP contribution in [0.2, 0.25) is 0 Å². The Kier molecular flexibility index (Phi) is 5.77. The average Bonchev–Trinajstić information content (AvgIpc) is 2.88. The van der Waals surface area contributed by atoms with E-state index in [-0.39, 0.29) is 11.9 Å². The predicted molar refractivity (Wildman–Crippen MR) is 78.5 cm³/mol. The zero-order valence-corrected chi connectivity index (χ0v) is 12.7. The van der Waals surface area contributed by atoms with Crippen molar-refractivity contribution in [3.8, 4) is 0 Å². The lowest BCUT2D eigenvalue weighted by Crippen LogP contribution is -2.34. The van der Waals surface area contributed by atoms with Gasteiger partial charge in [-0.15, -0.1) is 0 Å². The molecular weight excluding hydrogens is 252 g/mol. The fraction of sp³-hybridized carbons (Fsp3) is 0.750. The van der Waals surface area contributed by atoms with Crippen LogP contribution in [0.4, 0.5) is 0 Å². The van der Waals surface area contributed by atoms with Gasteiger partial charge in [-0.05, 0) is 38.2 Å². The maximum atomic E-state index is 12.5. The van der Waals surface area contributed by atoms with Crippen molar-refractivity contribution in [3.05, 3.63) is 18.0 Å². The molecule has 4 heteroatoms. The van der Waals surface area contributed by atoms with Crippen molar-refractivity contribution in [2.45, 2.75) is 58.0 Å². The molecule has 1 aromatic rings. The molecule has 1 unspecified atom stereocenters. The van der Waals surface area contributed by atoms with Crippen molar-refractivity contribution >= 4 is 5.78 Å². The smallest absolute Gasteiger partial charge is 0.162 e. The molecule has 0 amide bonds. The lowest BCUT2D eigenvalue weighted by Gasteiger charge is -2.29. The van der Waals surface area contributed by atoms with Crippen molar-refractivity contribution in [2.24, 2.45) is 13.0 Å². The van der Waals surface area contributed by atoms with E-state index in [9.17, 15) is 4.79 Å². The quantitative estimate of drug-likeness (QED) is 0.770. The maximum Gasteiger partial charge on any atom is 0.162 e. The highest BCUT2D eigenvalue weighted by Gasteiger charge is 2.29. The molecule has 1 aliphatic rings. The summed E-state index contributed by atoms with van der Waals surface area (Å²) in [6.45, 7) is 2.60. The van der Waals surface area contributed by atoms with Gasteiger partial charge < -0.3 is 4.74 Å². The average molecular weight is 278 g/mol. The number of carbonyl (C=O) groups excluding carboxylic acids is 1. The van der Waals surface area contributed by atoms with Gasteiger partial charge in [-0.25, -0.2) is 0 Å². The van der Waals surface area contributed by atoms with Crippen molar-refractivity contribution in [1.29, 1.82) is 0 Å². The van der Waals surface area contributed by atoms with Crippen LogP contribution in [0.1, 0.15) is 51.1 Å². The van der Waals surface area contributed by atoms with E-state index in [1.54, 1.807) is 6.20 Å². The van der Waals surface area contributed by atoms with Crippen molar-refractivity contribution in [2.75, 3.05) is 6.61 Å². The molecule has 1 aromatic heterocycles. The van der Waals surface area contributed by atoms with Crippen LogP contribution in [0, 0.1) is 5.92 Å². The number of hydrogen-bond acceptors (Lipinski definition) is 3. The van der Waals surface area contributed by atoms with Gasteiger partial charge in [0.25, 0.3) is 0 Å². The highest BCUT2D eigenvalue weighted by atomic mass is 16.5. The van der Waals surface area contributed by atoms with E-state index in [1.165, 1.54) is 19.3 Å². The molecule has 0 N–H and O–H groups in total. The Hall–Kier alpha value is -1.16. The van der Waals surface area contributed by atoms with Crippen LogP contribution in [0.5, 0.6) is 0 Å². The number of nitrogens with zero attached hydrogens (tertiary/aromatic N) is 2. The third-order valence-corrected chi connectivity index (χ3v) is 4.29. The predicted octanol–water partition coefficient (Wildman–Crippen LogP) is 2.91. The minimum atomic E-state index is -0.187. The standard InChI is InChI=1S/C16H26N2O2/c1-3-20-16(13-7-5-4-6-8-13)15(19)10-9-14-11-12-17-18(14)2/h11-13,16H,3-10H2,1-2H3. The van der Waals surface area contributed by atoms with Gasteiger partial charge in [-0.3, -0.25) is 9.48 Å². The highest BCUT2D eigenvalue weighted by molar-refractivity contribution is 5.83. The Balaban J connectivity index is 1.90. The first kappa shape index (κ1) is 15.2. The second-order valence-corrected chi connectivity index (χ2v) is 5.69. The highest BCUT2D eigenvalue weighted by Crippen LogP contribution is 2.29. The van der Waals surface area contributed by atoms with Crippen molar-refractivity contribution < 1.29 is 9.53 Å². The molecule has 20 heavy (non-hydrogen) atoms. The Morgan fingerprint density at radius 1 is 1.45 bits per heavy atom. The number of ether oxygens (including phenoxy) is 1. The van der Waals surface area contributed by atoms with Crippen molar-refractivity contribution in [1.82, 2.24) is 9.78 Å². The fourth-order valence-corrected chi connectivity index (χ4v) is 3.15. The van der Waals surface area contributed by atoms with E-state index < -0.39 is 0 Å². The second kappa shape index (κ2) is 7.58. The Labute approximate surface area is 121 Å². The van der Waals surface area contributed by atoms with Gasteiger partial charge in [0.2, 0.25) is 0 Å². The summed E-state index contributed by atoms with van der Waals surface area (Å²) in [4.78, 5) is 12.5. The number of aromatic nitrogens is 2. The normalized spacial score (nSPS) is 18.1. The van der Waals surface area contributed by atoms with E-state index >= 15 is 0 Å². The molecule has 0 aliphatic heterocycles. The molecule has 2 rings (SSSR count). The molecule has 112 valence electrons. The Morgan fingerprint density at radius 2 is 2.20 bits per heavy atom. The topological polar surface area (TPSA) is 44.1 Å². The molecule has 0 radical (unpaired) electrons. The number of Topliss-reactive ketones (excluding diaryl/α,β-unsaturated/α-hetero) is 1. The van der Waals surface area contributed by atoms with E-state index in [2.05, 4.69) is 5.10 Å². The van der Waals surface area contributed by atoms with Crippen LogP contribution in [0.15, 0.2) is 12.3 Å². The fourth-order valence-electron chi connectivity index (χ4n) is 3.15. The molecule has 0 saturated heterocycles.